The summed E-state index contributed by atoms with van der Waals surface area (Å²) in [7, 11) is 0. The van der Waals surface area contributed by atoms with Crippen LogP contribution in [-0.2, 0) is 12.8 Å². The number of aromatic nitrogens is 2. The monoisotopic (exact) mass is 379 g/mol. The van der Waals surface area contributed by atoms with E-state index in [9.17, 15) is 22.8 Å². The minimum absolute atomic E-state index is 0.0222. The molecule has 0 spiro atoms. The average molecular weight is 379 g/mol. The predicted molar refractivity (Wildman–Crippen MR) is 87.4 cm³/mol. The van der Waals surface area contributed by atoms with E-state index in [4.69, 9.17) is 9.94 Å². The normalized spacial score (nSPS) is 11.4. The first-order chi connectivity index (χ1) is 12.8. The second-order valence-corrected chi connectivity index (χ2v) is 5.47. The maximum Gasteiger partial charge on any atom is 0.419 e. The SMILES string of the molecule is O=C(NO)c1ccc2c(=O)[nH]c(COc3ccccc3C(F)(F)F)nc2c1. The number of amides is 1. The maximum absolute atomic E-state index is 13.0. The number of aromatic amines is 1. The van der Waals surface area contributed by atoms with Gasteiger partial charge in [0, 0.05) is 5.56 Å². The Hall–Kier alpha value is -3.40. The van der Waals surface area contributed by atoms with Crippen molar-refractivity contribution < 1.29 is 27.9 Å². The van der Waals surface area contributed by atoms with Gasteiger partial charge in [-0.05, 0) is 30.3 Å². The first-order valence-corrected chi connectivity index (χ1v) is 7.56. The van der Waals surface area contributed by atoms with Crippen LogP contribution in [-0.4, -0.2) is 21.1 Å². The maximum atomic E-state index is 13.0. The molecule has 10 heteroatoms. The summed E-state index contributed by atoms with van der Waals surface area (Å²) in [5.74, 6) is -1.22. The average Bonchev–Trinajstić information content (AvgIpc) is 2.64. The molecule has 0 fully saturated rings. The number of rotatable bonds is 4. The molecule has 27 heavy (non-hydrogen) atoms. The Bertz CT molecular complexity index is 1060. The number of H-pyrrole nitrogens is 1. The quantitative estimate of drug-likeness (QED) is 0.478. The fraction of sp³-hybridized carbons (Fsp3) is 0.118. The lowest BCUT2D eigenvalue weighted by Gasteiger charge is -2.13. The lowest BCUT2D eigenvalue weighted by atomic mass is 10.1. The third-order valence-electron chi connectivity index (χ3n) is 3.68. The highest BCUT2D eigenvalue weighted by Gasteiger charge is 2.34. The third kappa shape index (κ3) is 3.90. The van der Waals surface area contributed by atoms with E-state index in [1.807, 2.05) is 0 Å². The first-order valence-electron chi connectivity index (χ1n) is 7.56. The number of alkyl halides is 3. The van der Waals surface area contributed by atoms with Gasteiger partial charge in [-0.1, -0.05) is 12.1 Å². The lowest BCUT2D eigenvalue weighted by Crippen LogP contribution is -2.19. The highest BCUT2D eigenvalue weighted by molar-refractivity contribution is 5.96. The van der Waals surface area contributed by atoms with E-state index in [1.54, 1.807) is 0 Å². The van der Waals surface area contributed by atoms with Gasteiger partial charge in [-0.15, -0.1) is 0 Å². The standard InChI is InChI=1S/C17H12F3N3O4/c18-17(19,20)11-3-1-2-4-13(11)27-8-14-21-12-7-9(15(24)23-26)5-6-10(12)16(25)22-14/h1-7,26H,8H2,(H,23,24)(H,21,22,25). The van der Waals surface area contributed by atoms with Gasteiger partial charge >= 0.3 is 6.18 Å². The number of nitrogens with one attached hydrogen (secondary N) is 2. The molecule has 1 aromatic heterocycles. The van der Waals surface area contributed by atoms with Gasteiger partial charge in [0.1, 0.15) is 18.2 Å². The van der Waals surface area contributed by atoms with Crippen molar-refractivity contribution in [3.8, 4) is 5.75 Å². The number of carbonyl (C=O) groups is 1. The van der Waals surface area contributed by atoms with Gasteiger partial charge in [-0.3, -0.25) is 14.8 Å². The van der Waals surface area contributed by atoms with E-state index in [0.717, 1.165) is 12.1 Å². The van der Waals surface area contributed by atoms with Gasteiger partial charge in [0.05, 0.1) is 16.5 Å². The van der Waals surface area contributed by atoms with Gasteiger partial charge in [0.15, 0.2) is 0 Å². The minimum Gasteiger partial charge on any atom is -0.485 e. The Morgan fingerprint density at radius 3 is 2.67 bits per heavy atom. The largest absolute Gasteiger partial charge is 0.485 e. The Morgan fingerprint density at radius 2 is 1.96 bits per heavy atom. The van der Waals surface area contributed by atoms with Gasteiger partial charge in [0.25, 0.3) is 11.5 Å². The molecule has 0 unspecified atom stereocenters. The summed E-state index contributed by atoms with van der Waals surface area (Å²) in [6, 6.07) is 8.59. The number of hydrogen-bond acceptors (Lipinski definition) is 5. The van der Waals surface area contributed by atoms with Crippen molar-refractivity contribution in [3.63, 3.8) is 0 Å². The van der Waals surface area contributed by atoms with E-state index in [1.165, 1.54) is 35.8 Å². The lowest BCUT2D eigenvalue weighted by molar-refractivity contribution is -0.139. The molecule has 140 valence electrons. The third-order valence-corrected chi connectivity index (χ3v) is 3.68. The summed E-state index contributed by atoms with van der Waals surface area (Å²) >= 11 is 0. The number of carbonyl (C=O) groups excluding carboxylic acids is 1. The van der Waals surface area contributed by atoms with E-state index in [2.05, 4.69) is 9.97 Å². The zero-order chi connectivity index (χ0) is 19.6. The van der Waals surface area contributed by atoms with Gasteiger partial charge < -0.3 is 9.72 Å². The molecule has 3 N–H and O–H groups in total. The molecule has 0 saturated carbocycles. The number of hydroxylamine groups is 1. The highest BCUT2D eigenvalue weighted by atomic mass is 19.4. The molecule has 2 aromatic carbocycles. The first kappa shape index (κ1) is 18.4. The number of ether oxygens (including phenoxy) is 1. The molecular formula is C17H12F3N3O4. The van der Waals surface area contributed by atoms with Crippen molar-refractivity contribution >= 4 is 16.8 Å². The zero-order valence-electron chi connectivity index (χ0n) is 13.5. The predicted octanol–water partition coefficient (Wildman–Crippen LogP) is 2.64. The molecule has 3 rings (SSSR count). The second kappa shape index (κ2) is 7.08. The minimum atomic E-state index is -4.59. The smallest absolute Gasteiger partial charge is 0.419 e. The van der Waals surface area contributed by atoms with Crippen molar-refractivity contribution in [1.82, 2.24) is 15.4 Å². The van der Waals surface area contributed by atoms with Crippen LogP contribution < -0.4 is 15.8 Å². The van der Waals surface area contributed by atoms with Crippen LogP contribution in [0.5, 0.6) is 5.75 Å². The summed E-state index contributed by atoms with van der Waals surface area (Å²) in [5, 5.41) is 8.84. The van der Waals surface area contributed by atoms with Crippen LogP contribution in [0.25, 0.3) is 10.9 Å². The van der Waals surface area contributed by atoms with Crippen LogP contribution in [0.4, 0.5) is 13.2 Å². The Kier molecular flexibility index (Phi) is 4.82. The molecule has 1 amide bonds. The number of nitrogens with zero attached hydrogens (tertiary/aromatic N) is 1. The fourth-order valence-electron chi connectivity index (χ4n) is 2.43. The molecule has 0 saturated heterocycles. The van der Waals surface area contributed by atoms with Crippen molar-refractivity contribution in [2.45, 2.75) is 12.8 Å². The molecule has 3 aromatic rings. The summed E-state index contributed by atoms with van der Waals surface area (Å²) in [4.78, 5) is 30.1. The molecule has 0 aliphatic rings. The van der Waals surface area contributed by atoms with Crippen molar-refractivity contribution in [2.75, 3.05) is 0 Å². The van der Waals surface area contributed by atoms with E-state index < -0.39 is 35.6 Å². The molecule has 0 aliphatic heterocycles. The summed E-state index contributed by atoms with van der Waals surface area (Å²) < 4.78 is 44.1. The van der Waals surface area contributed by atoms with Crippen LogP contribution in [0, 0.1) is 0 Å². The molecular weight excluding hydrogens is 367 g/mol. The Labute approximate surface area is 149 Å². The van der Waals surface area contributed by atoms with Crippen LogP contribution in [0.2, 0.25) is 0 Å². The van der Waals surface area contributed by atoms with E-state index in [-0.39, 0.29) is 22.3 Å². The molecule has 0 radical (unpaired) electrons. The number of fused-ring (bicyclic) bond motifs is 1. The Morgan fingerprint density at radius 1 is 1.22 bits per heavy atom. The van der Waals surface area contributed by atoms with E-state index in [0.29, 0.717) is 0 Å². The van der Waals surface area contributed by atoms with Gasteiger partial charge in [-0.2, -0.15) is 13.2 Å². The summed E-state index contributed by atoms with van der Waals surface area (Å²) in [6.45, 7) is -0.422. The molecule has 0 bridgehead atoms. The zero-order valence-corrected chi connectivity index (χ0v) is 13.5. The molecule has 1 heterocycles. The summed E-state index contributed by atoms with van der Waals surface area (Å²) in [6.07, 6.45) is -4.59. The molecule has 7 nitrogen and oxygen atoms in total. The number of halogens is 3. The fourth-order valence-corrected chi connectivity index (χ4v) is 2.43. The van der Waals surface area contributed by atoms with Crippen LogP contribution in [0.15, 0.2) is 47.3 Å². The van der Waals surface area contributed by atoms with Crippen LogP contribution >= 0.6 is 0 Å². The van der Waals surface area contributed by atoms with Gasteiger partial charge in [-0.25, -0.2) is 10.5 Å². The van der Waals surface area contributed by atoms with Crippen LogP contribution in [0.3, 0.4) is 0 Å². The molecule has 0 atom stereocenters. The van der Waals surface area contributed by atoms with Crippen molar-refractivity contribution in [2.24, 2.45) is 0 Å². The second-order valence-electron chi connectivity index (χ2n) is 5.47. The van der Waals surface area contributed by atoms with Crippen LogP contribution in [0.1, 0.15) is 21.7 Å². The van der Waals surface area contributed by atoms with Crippen molar-refractivity contribution in [1.29, 1.82) is 0 Å². The van der Waals surface area contributed by atoms with Crippen molar-refractivity contribution in [3.05, 3.63) is 69.8 Å². The highest BCUT2D eigenvalue weighted by Crippen LogP contribution is 2.36. The number of benzene rings is 2. The van der Waals surface area contributed by atoms with E-state index >= 15 is 0 Å². The topological polar surface area (TPSA) is 104 Å². The summed E-state index contributed by atoms with van der Waals surface area (Å²) in [5.41, 5.74) is 0.147. The Balaban J connectivity index is 1.92. The number of para-hydroxylation sites is 1. The van der Waals surface area contributed by atoms with Gasteiger partial charge in [0.2, 0.25) is 0 Å². The molecule has 0 aliphatic carbocycles. The number of hydrogen-bond donors (Lipinski definition) is 3.